The van der Waals surface area contributed by atoms with Gasteiger partial charge in [-0.3, -0.25) is 9.59 Å². The molecule has 14 heavy (non-hydrogen) atoms. The maximum atomic E-state index is 13.0. The van der Waals surface area contributed by atoms with Gasteiger partial charge in [-0.05, 0) is 29.8 Å². The van der Waals surface area contributed by atoms with Crippen LogP contribution in [0.2, 0.25) is 0 Å². The molecular weight excluding hydrogens is 211 g/mol. The zero-order chi connectivity index (χ0) is 10.7. The molecule has 0 aliphatic carbocycles. The number of hydrogen-bond donors (Lipinski definition) is 0. The van der Waals surface area contributed by atoms with E-state index in [1.807, 2.05) is 0 Å². The minimum absolute atomic E-state index is 0.0734. The minimum Gasteiger partial charge on any atom is -0.424 e. The summed E-state index contributed by atoms with van der Waals surface area (Å²) in [7, 11) is 0. The summed E-state index contributed by atoms with van der Waals surface area (Å²) in [4.78, 5) is 21.2. The van der Waals surface area contributed by atoms with Gasteiger partial charge in [-0.15, -0.1) is 0 Å². The molecule has 0 unspecified atom stereocenters. The van der Waals surface area contributed by atoms with Gasteiger partial charge in [-0.2, -0.15) is 0 Å². The molecule has 0 radical (unpaired) electrons. The average Bonchev–Trinajstić information content (AvgIpc) is 2.07. The van der Waals surface area contributed by atoms with Crippen molar-refractivity contribution in [1.82, 2.24) is 0 Å². The van der Waals surface area contributed by atoms with Gasteiger partial charge in [0.15, 0.2) is 11.6 Å². The normalized spacial score (nSPS) is 9.64. The molecule has 1 rings (SSSR count). The molecule has 0 heterocycles. The minimum atomic E-state index is -0.738. The summed E-state index contributed by atoms with van der Waals surface area (Å²) >= 11 is 5.16. The van der Waals surface area contributed by atoms with E-state index >= 15 is 0 Å². The number of ether oxygens (including phenoxy) is 1. The Morgan fingerprint density at radius 1 is 1.43 bits per heavy atom. The number of rotatable bonds is 2. The first-order valence-corrected chi connectivity index (χ1v) is 4.06. The van der Waals surface area contributed by atoms with Gasteiger partial charge in [0.1, 0.15) is 0 Å². The highest BCUT2D eigenvalue weighted by atomic mass is 35.5. The van der Waals surface area contributed by atoms with Gasteiger partial charge in [0, 0.05) is 12.5 Å². The van der Waals surface area contributed by atoms with Crippen molar-refractivity contribution in [2.24, 2.45) is 0 Å². The van der Waals surface area contributed by atoms with Gasteiger partial charge in [-0.25, -0.2) is 4.39 Å². The highest BCUT2D eigenvalue weighted by molar-refractivity contribution is 6.67. The second kappa shape index (κ2) is 4.19. The van der Waals surface area contributed by atoms with Crippen LogP contribution in [0, 0.1) is 5.82 Å². The SMILES string of the molecule is CC(=O)Oc1cc(C(=O)Cl)ccc1F. The van der Waals surface area contributed by atoms with Crippen LogP contribution in [0.15, 0.2) is 18.2 Å². The van der Waals surface area contributed by atoms with Crippen LogP contribution in [0.4, 0.5) is 4.39 Å². The van der Waals surface area contributed by atoms with Crippen LogP contribution in [0.5, 0.6) is 5.75 Å². The molecule has 0 bridgehead atoms. The second-order valence-corrected chi connectivity index (χ2v) is 2.86. The van der Waals surface area contributed by atoms with E-state index in [0.29, 0.717) is 0 Å². The van der Waals surface area contributed by atoms with Gasteiger partial charge >= 0.3 is 5.97 Å². The summed E-state index contributed by atoms with van der Waals surface area (Å²) in [6, 6.07) is 3.29. The number of hydrogen-bond acceptors (Lipinski definition) is 3. The topological polar surface area (TPSA) is 43.4 Å². The maximum Gasteiger partial charge on any atom is 0.308 e. The van der Waals surface area contributed by atoms with Crippen molar-refractivity contribution >= 4 is 22.8 Å². The molecule has 3 nitrogen and oxygen atoms in total. The largest absolute Gasteiger partial charge is 0.424 e. The smallest absolute Gasteiger partial charge is 0.308 e. The Bertz CT molecular complexity index is 390. The van der Waals surface area contributed by atoms with Crippen LogP contribution in [-0.4, -0.2) is 11.2 Å². The van der Waals surface area contributed by atoms with E-state index in [9.17, 15) is 14.0 Å². The Hall–Kier alpha value is -1.42. The molecule has 0 fully saturated rings. The molecule has 0 aromatic heterocycles. The summed E-state index contributed by atoms with van der Waals surface area (Å²) in [6.45, 7) is 1.13. The van der Waals surface area contributed by atoms with E-state index in [2.05, 4.69) is 4.74 Å². The molecule has 74 valence electrons. The first kappa shape index (κ1) is 10.7. The number of esters is 1. The van der Waals surface area contributed by atoms with Crippen molar-refractivity contribution in [3.63, 3.8) is 0 Å². The third-order valence-corrected chi connectivity index (χ3v) is 1.63. The second-order valence-electron chi connectivity index (χ2n) is 2.51. The fourth-order valence-electron chi connectivity index (χ4n) is 0.859. The summed E-state index contributed by atoms with van der Waals surface area (Å²) in [6.07, 6.45) is 0. The number of carbonyl (C=O) groups excluding carboxylic acids is 2. The van der Waals surface area contributed by atoms with E-state index in [1.165, 1.54) is 6.07 Å². The van der Waals surface area contributed by atoms with Gasteiger partial charge in [0.2, 0.25) is 0 Å². The Kier molecular flexibility index (Phi) is 3.19. The van der Waals surface area contributed by atoms with Crippen molar-refractivity contribution in [3.05, 3.63) is 29.6 Å². The van der Waals surface area contributed by atoms with Gasteiger partial charge in [0.25, 0.3) is 5.24 Å². The third kappa shape index (κ3) is 2.53. The maximum absolute atomic E-state index is 13.0. The summed E-state index contributed by atoms with van der Waals surface area (Å²) in [5.41, 5.74) is 0.0734. The molecule has 0 aliphatic heterocycles. The summed E-state index contributed by atoms with van der Waals surface area (Å²) < 4.78 is 17.5. The lowest BCUT2D eigenvalue weighted by atomic mass is 10.2. The van der Waals surface area contributed by atoms with Crippen molar-refractivity contribution in [2.45, 2.75) is 6.92 Å². The van der Waals surface area contributed by atoms with Gasteiger partial charge in [-0.1, -0.05) is 0 Å². The fourth-order valence-corrected chi connectivity index (χ4v) is 0.976. The molecule has 0 N–H and O–H groups in total. The van der Waals surface area contributed by atoms with Crippen LogP contribution in [-0.2, 0) is 4.79 Å². The highest BCUT2D eigenvalue weighted by Gasteiger charge is 2.10. The first-order valence-electron chi connectivity index (χ1n) is 3.68. The van der Waals surface area contributed by atoms with Crippen molar-refractivity contribution in [3.8, 4) is 5.75 Å². The van der Waals surface area contributed by atoms with Crippen LogP contribution in [0.3, 0.4) is 0 Å². The summed E-state index contributed by atoms with van der Waals surface area (Å²) in [5.74, 6) is -1.69. The lowest BCUT2D eigenvalue weighted by Crippen LogP contribution is -2.04. The Morgan fingerprint density at radius 3 is 2.57 bits per heavy atom. The molecule has 1 aromatic rings. The number of carbonyl (C=O) groups is 2. The average molecular weight is 217 g/mol. The molecule has 5 heteroatoms. The first-order chi connectivity index (χ1) is 6.50. The molecule has 1 aromatic carbocycles. The van der Waals surface area contributed by atoms with Crippen LogP contribution >= 0.6 is 11.6 Å². The lowest BCUT2D eigenvalue weighted by molar-refractivity contribution is -0.132. The van der Waals surface area contributed by atoms with Crippen molar-refractivity contribution < 1.29 is 18.7 Å². The number of halogens is 2. The highest BCUT2D eigenvalue weighted by Crippen LogP contribution is 2.19. The molecule has 0 saturated carbocycles. The van der Waals surface area contributed by atoms with E-state index in [-0.39, 0.29) is 11.3 Å². The molecule has 0 aliphatic rings. The van der Waals surface area contributed by atoms with Crippen LogP contribution in [0.1, 0.15) is 17.3 Å². The quantitative estimate of drug-likeness (QED) is 0.432. The van der Waals surface area contributed by atoms with E-state index in [1.54, 1.807) is 0 Å². The monoisotopic (exact) mass is 216 g/mol. The molecule has 0 amide bonds. The van der Waals surface area contributed by atoms with Crippen LogP contribution < -0.4 is 4.74 Å². The fraction of sp³-hybridized carbons (Fsp3) is 0.111. The van der Waals surface area contributed by atoms with E-state index < -0.39 is 17.0 Å². The van der Waals surface area contributed by atoms with Crippen molar-refractivity contribution in [1.29, 1.82) is 0 Å². The zero-order valence-electron chi connectivity index (χ0n) is 7.21. The third-order valence-electron chi connectivity index (χ3n) is 1.41. The molecule has 0 atom stereocenters. The molecule has 0 saturated heterocycles. The van der Waals surface area contributed by atoms with Crippen LogP contribution in [0.25, 0.3) is 0 Å². The Labute approximate surface area is 84.4 Å². The summed E-state index contributed by atoms with van der Waals surface area (Å²) in [5, 5.41) is -0.738. The number of benzene rings is 1. The molecule has 0 spiro atoms. The van der Waals surface area contributed by atoms with Crippen molar-refractivity contribution in [2.75, 3.05) is 0 Å². The van der Waals surface area contributed by atoms with Gasteiger partial charge < -0.3 is 4.74 Å². The zero-order valence-corrected chi connectivity index (χ0v) is 7.97. The predicted octanol–water partition coefficient (Wildman–Crippen LogP) is 2.13. The standard InChI is InChI=1S/C9H6ClFO3/c1-5(12)14-8-4-6(9(10)13)2-3-7(8)11/h2-4H,1H3. The Morgan fingerprint density at radius 2 is 2.07 bits per heavy atom. The Balaban J connectivity index is 3.08. The molecular formula is C9H6ClFO3. The van der Waals surface area contributed by atoms with E-state index in [0.717, 1.165) is 19.1 Å². The predicted molar refractivity (Wildman–Crippen MR) is 47.9 cm³/mol. The van der Waals surface area contributed by atoms with E-state index in [4.69, 9.17) is 11.6 Å². The van der Waals surface area contributed by atoms with Gasteiger partial charge in [0.05, 0.1) is 0 Å². The lowest BCUT2D eigenvalue weighted by Gasteiger charge is -2.03.